The van der Waals surface area contributed by atoms with Crippen molar-refractivity contribution >= 4 is 40.0 Å². The average molecular weight is 724 g/mol. The van der Waals surface area contributed by atoms with Crippen molar-refractivity contribution in [3.63, 3.8) is 0 Å². The Morgan fingerprint density at radius 3 is 2.66 bits per heavy atom. The van der Waals surface area contributed by atoms with Gasteiger partial charge in [0.05, 0.1) is 40.1 Å². The molecule has 0 aliphatic carbocycles. The molecule has 2 fully saturated rings. The molecule has 0 unspecified atom stereocenters. The molecule has 3 aliphatic heterocycles. The zero-order chi connectivity index (χ0) is 35.9. The number of aryl methyl sites for hydroxylation is 1. The predicted octanol–water partition coefficient (Wildman–Crippen LogP) is 6.21. The number of anilines is 3. The topological polar surface area (TPSA) is 141 Å². The molecule has 18 heteroatoms. The molecule has 11 nitrogen and oxygen atoms in total. The zero-order valence-corrected chi connectivity index (χ0v) is 27.8. The number of hydrogen-bond donors (Lipinski definition) is 2. The maximum atomic E-state index is 17.0. The Morgan fingerprint density at radius 2 is 1.92 bits per heavy atom. The number of alkyl halides is 4. The SMILES string of the molecule is Cc1nc(N)c(Cl)c(-c2nc3c4c(nc(OC[C@@]56CCCN5C[C@H](F)C6)nc4c2F)N([C@H](C)c2cc(F)cnc2N)[C@@H](C)CO3)c1C(F)(F)F. The molecule has 0 saturated carbocycles. The Bertz CT molecular complexity index is 2020. The maximum absolute atomic E-state index is 17.0. The van der Waals surface area contributed by atoms with Gasteiger partial charge in [-0.3, -0.25) is 4.90 Å². The Hall–Kier alpha value is -4.38. The normalized spacial score (nSPS) is 22.8. The van der Waals surface area contributed by atoms with Gasteiger partial charge < -0.3 is 25.8 Å². The number of aromatic nitrogens is 5. The summed E-state index contributed by atoms with van der Waals surface area (Å²) in [5.41, 5.74) is 7.63. The van der Waals surface area contributed by atoms with Crippen LogP contribution in [0.25, 0.3) is 22.2 Å². The first kappa shape index (κ1) is 34.1. The summed E-state index contributed by atoms with van der Waals surface area (Å²) in [6.45, 7) is 5.30. The highest BCUT2D eigenvalue weighted by Gasteiger charge is 2.49. The van der Waals surface area contributed by atoms with Crippen LogP contribution in [0.1, 0.15) is 56.0 Å². The molecule has 7 rings (SSSR count). The van der Waals surface area contributed by atoms with Gasteiger partial charge in [-0.2, -0.15) is 23.1 Å². The van der Waals surface area contributed by atoms with Crippen molar-refractivity contribution in [1.29, 1.82) is 0 Å². The van der Waals surface area contributed by atoms with Gasteiger partial charge in [0.25, 0.3) is 0 Å². The van der Waals surface area contributed by atoms with E-state index in [1.807, 2.05) is 4.90 Å². The number of nitrogens with zero attached hydrogens (tertiary/aromatic N) is 7. The first-order valence-corrected chi connectivity index (χ1v) is 16.3. The van der Waals surface area contributed by atoms with Gasteiger partial charge in [0, 0.05) is 24.1 Å². The van der Waals surface area contributed by atoms with E-state index in [1.54, 1.807) is 18.7 Å². The second-order valence-electron chi connectivity index (χ2n) is 13.0. The molecule has 0 amide bonds. The predicted molar refractivity (Wildman–Crippen MR) is 173 cm³/mol. The van der Waals surface area contributed by atoms with Gasteiger partial charge in [-0.1, -0.05) is 11.6 Å². The van der Waals surface area contributed by atoms with Crippen LogP contribution in [0.2, 0.25) is 5.02 Å². The Morgan fingerprint density at radius 1 is 1.16 bits per heavy atom. The minimum atomic E-state index is -5.03. The lowest BCUT2D eigenvalue weighted by Crippen LogP contribution is -2.43. The summed E-state index contributed by atoms with van der Waals surface area (Å²) >= 11 is 6.32. The van der Waals surface area contributed by atoms with E-state index < -0.39 is 80.5 Å². The smallest absolute Gasteiger partial charge is 0.418 e. The fourth-order valence-electron chi connectivity index (χ4n) is 7.55. The van der Waals surface area contributed by atoms with Crippen LogP contribution in [-0.2, 0) is 6.18 Å². The number of fused-ring (bicyclic) bond motifs is 1. The van der Waals surface area contributed by atoms with Gasteiger partial charge in [-0.15, -0.1) is 0 Å². The molecule has 2 saturated heterocycles. The Balaban J connectivity index is 1.47. The van der Waals surface area contributed by atoms with Crippen molar-refractivity contribution in [2.24, 2.45) is 0 Å². The van der Waals surface area contributed by atoms with Crippen LogP contribution in [0.15, 0.2) is 12.3 Å². The quantitative estimate of drug-likeness (QED) is 0.220. The van der Waals surface area contributed by atoms with Crippen LogP contribution in [0, 0.1) is 18.6 Å². The highest BCUT2D eigenvalue weighted by atomic mass is 35.5. The first-order valence-electron chi connectivity index (χ1n) is 15.9. The molecular formula is C32H32ClF6N9O2. The second-order valence-corrected chi connectivity index (χ2v) is 13.4. The molecule has 4 N–H and O–H groups in total. The molecule has 4 aromatic rings. The summed E-state index contributed by atoms with van der Waals surface area (Å²) in [5, 5.41) is -0.758. The molecule has 7 heterocycles. The molecule has 0 aromatic carbocycles. The zero-order valence-electron chi connectivity index (χ0n) is 27.1. The monoisotopic (exact) mass is 723 g/mol. The van der Waals surface area contributed by atoms with E-state index in [-0.39, 0.29) is 60.7 Å². The fraction of sp³-hybridized carbons (Fsp3) is 0.469. The molecule has 0 radical (unpaired) electrons. The third-order valence-electron chi connectivity index (χ3n) is 9.77. The van der Waals surface area contributed by atoms with Crippen LogP contribution in [0.5, 0.6) is 11.9 Å². The number of pyridine rings is 3. The molecule has 266 valence electrons. The van der Waals surface area contributed by atoms with Gasteiger partial charge in [0.1, 0.15) is 59.3 Å². The summed E-state index contributed by atoms with van der Waals surface area (Å²) in [6, 6.07) is -0.459. The summed E-state index contributed by atoms with van der Waals surface area (Å²) in [7, 11) is 0. The van der Waals surface area contributed by atoms with Crippen molar-refractivity contribution in [2.75, 3.05) is 42.7 Å². The molecule has 50 heavy (non-hydrogen) atoms. The summed E-state index contributed by atoms with van der Waals surface area (Å²) < 4.78 is 102. The van der Waals surface area contributed by atoms with Crippen LogP contribution in [0.4, 0.5) is 43.8 Å². The Kier molecular flexibility index (Phi) is 8.28. The third kappa shape index (κ3) is 5.54. The van der Waals surface area contributed by atoms with E-state index >= 15 is 4.39 Å². The van der Waals surface area contributed by atoms with E-state index in [9.17, 15) is 22.0 Å². The van der Waals surface area contributed by atoms with E-state index in [2.05, 4.69) is 24.9 Å². The number of halogens is 7. The van der Waals surface area contributed by atoms with E-state index in [0.29, 0.717) is 13.0 Å². The maximum Gasteiger partial charge on any atom is 0.418 e. The van der Waals surface area contributed by atoms with Crippen molar-refractivity contribution in [3.8, 4) is 23.1 Å². The van der Waals surface area contributed by atoms with Gasteiger partial charge >= 0.3 is 12.2 Å². The minimum absolute atomic E-state index is 0.0281. The standard InChI is InChI=1S/C32H32ClF6N9O2/c1-13-11-49-29-20-25(23(36)24(44-29)19-21(32(37,38)39)14(2)43-27(41)22(19)33)45-30(50-12-31-5-4-6-47(31)10-17(35)8-31)46-28(20)48(13)15(3)18-7-16(34)9-42-26(18)40/h7,9,13,15,17H,4-6,8,10-12H2,1-3H3,(H2,40,42)(H2,41,43)/t13-,15+,17+,31-/m0/s1. The highest BCUT2D eigenvalue weighted by Crippen LogP contribution is 2.48. The van der Waals surface area contributed by atoms with E-state index in [0.717, 1.165) is 19.5 Å². The summed E-state index contributed by atoms with van der Waals surface area (Å²) in [5.74, 6) is -2.65. The van der Waals surface area contributed by atoms with Gasteiger partial charge in [0.2, 0.25) is 5.88 Å². The van der Waals surface area contributed by atoms with Crippen LogP contribution >= 0.6 is 11.6 Å². The van der Waals surface area contributed by atoms with E-state index in [4.69, 9.17) is 32.5 Å². The number of nitrogens with two attached hydrogens (primary N) is 2. The van der Waals surface area contributed by atoms with Gasteiger partial charge in [0.15, 0.2) is 5.82 Å². The number of hydrogen-bond acceptors (Lipinski definition) is 11. The number of nitrogen functional groups attached to an aromatic ring is 2. The second kappa shape index (κ2) is 12.1. The fourth-order valence-corrected chi connectivity index (χ4v) is 7.78. The third-order valence-corrected chi connectivity index (χ3v) is 10.2. The van der Waals surface area contributed by atoms with Crippen molar-refractivity contribution < 1.29 is 35.8 Å². The highest BCUT2D eigenvalue weighted by molar-refractivity contribution is 6.35. The largest absolute Gasteiger partial charge is 0.475 e. The molecule has 4 aromatic heterocycles. The number of rotatable bonds is 6. The average Bonchev–Trinajstić information content (AvgIpc) is 3.53. The number of ether oxygens (including phenoxy) is 2. The lowest BCUT2D eigenvalue weighted by molar-refractivity contribution is -0.137. The van der Waals surface area contributed by atoms with Crippen molar-refractivity contribution in [3.05, 3.63) is 45.7 Å². The summed E-state index contributed by atoms with van der Waals surface area (Å²) in [4.78, 5) is 24.6. The van der Waals surface area contributed by atoms with E-state index in [1.165, 1.54) is 6.07 Å². The molecule has 0 bridgehead atoms. The molecule has 0 spiro atoms. The lowest BCUT2D eigenvalue weighted by Gasteiger charge is -2.35. The molecular weight excluding hydrogens is 692 g/mol. The molecule has 4 atom stereocenters. The Labute approximate surface area is 287 Å². The summed E-state index contributed by atoms with van der Waals surface area (Å²) in [6.07, 6.45) is -3.42. The van der Waals surface area contributed by atoms with Crippen LogP contribution < -0.4 is 25.8 Å². The van der Waals surface area contributed by atoms with Crippen molar-refractivity contribution in [2.45, 2.75) is 70.0 Å². The van der Waals surface area contributed by atoms with Crippen molar-refractivity contribution in [1.82, 2.24) is 29.8 Å². The van der Waals surface area contributed by atoms with Gasteiger partial charge in [-0.05, 0) is 46.2 Å². The molecule has 3 aliphatic rings. The lowest BCUT2D eigenvalue weighted by atomic mass is 9.95. The van der Waals surface area contributed by atoms with Gasteiger partial charge in [-0.25, -0.2) is 28.1 Å². The minimum Gasteiger partial charge on any atom is -0.475 e. The first-order chi connectivity index (χ1) is 23.6. The van der Waals surface area contributed by atoms with Crippen LogP contribution in [0.3, 0.4) is 0 Å². The van der Waals surface area contributed by atoms with Crippen LogP contribution in [-0.4, -0.2) is 73.9 Å².